The predicted octanol–water partition coefficient (Wildman–Crippen LogP) is 6.37. The van der Waals surface area contributed by atoms with Gasteiger partial charge in [-0.3, -0.25) is 4.79 Å². The predicted molar refractivity (Wildman–Crippen MR) is 179 cm³/mol. The van der Waals surface area contributed by atoms with E-state index in [9.17, 15) is 4.79 Å². The van der Waals surface area contributed by atoms with Crippen molar-refractivity contribution in [2.75, 3.05) is 44.3 Å². The monoisotopic (exact) mass is 594 g/mol. The van der Waals surface area contributed by atoms with Crippen molar-refractivity contribution in [1.82, 2.24) is 14.5 Å². The number of nitrogens with zero attached hydrogens (tertiary/aromatic N) is 3. The van der Waals surface area contributed by atoms with E-state index in [0.717, 1.165) is 70.3 Å². The van der Waals surface area contributed by atoms with E-state index in [1.54, 1.807) is 18.4 Å². The molecule has 0 atom stereocenters. The van der Waals surface area contributed by atoms with E-state index in [0.29, 0.717) is 28.9 Å². The van der Waals surface area contributed by atoms with Gasteiger partial charge in [-0.25, -0.2) is 4.98 Å². The Morgan fingerprint density at radius 2 is 2.00 bits per heavy atom. The Bertz CT molecular complexity index is 1800. The third kappa shape index (κ3) is 5.88. The van der Waals surface area contributed by atoms with Gasteiger partial charge in [0.25, 0.3) is 5.91 Å². The molecule has 1 aliphatic rings. The first-order valence-electron chi connectivity index (χ1n) is 14.8. The molecule has 43 heavy (non-hydrogen) atoms. The number of carbonyl (C=O) groups excluding carboxylic acids is 1. The number of hydrogen-bond donors (Lipinski definition) is 3. The van der Waals surface area contributed by atoms with Crippen LogP contribution in [-0.4, -0.2) is 53.6 Å². The normalized spacial score (nSPS) is 14.7. The fourth-order valence-electron chi connectivity index (χ4n) is 5.99. The molecule has 4 heterocycles. The Balaban J connectivity index is 1.20. The highest BCUT2D eigenvalue weighted by Crippen LogP contribution is 2.41. The fourth-order valence-corrected chi connectivity index (χ4v) is 7.07. The van der Waals surface area contributed by atoms with E-state index in [1.807, 2.05) is 66.3 Å². The first-order valence-corrected chi connectivity index (χ1v) is 15.6. The standard InChI is InChI=1S/C34H38N6O2S/c1-39-28-9-4-3-7-24(28)17-29(39)34(41)38-27-11-10-23(18-30(27)42-2)26-21-43-32-25(20-37-33(36)31(26)32)8-5-6-14-40-15-12-22(19-35)13-16-40/h3-5,7-11,17-18,20-22H,6,12-16,19,35H2,1-2H3,(H2,36,37)(H,38,41)/b8-5+. The Morgan fingerprint density at radius 1 is 1.19 bits per heavy atom. The Morgan fingerprint density at radius 3 is 2.77 bits per heavy atom. The van der Waals surface area contributed by atoms with Crippen molar-refractivity contribution in [3.8, 4) is 16.9 Å². The zero-order chi connectivity index (χ0) is 29.9. The van der Waals surface area contributed by atoms with E-state index in [-0.39, 0.29) is 5.91 Å². The second-order valence-electron chi connectivity index (χ2n) is 11.2. The third-order valence-corrected chi connectivity index (χ3v) is 9.58. The summed E-state index contributed by atoms with van der Waals surface area (Å²) in [6, 6.07) is 15.6. The molecule has 0 radical (unpaired) electrons. The minimum absolute atomic E-state index is 0.198. The van der Waals surface area contributed by atoms with E-state index in [4.69, 9.17) is 16.2 Å². The maximum Gasteiger partial charge on any atom is 0.272 e. The lowest BCUT2D eigenvalue weighted by Crippen LogP contribution is -2.36. The van der Waals surface area contributed by atoms with Crippen LogP contribution in [0.3, 0.4) is 0 Å². The van der Waals surface area contributed by atoms with Crippen molar-refractivity contribution in [2.45, 2.75) is 19.3 Å². The summed E-state index contributed by atoms with van der Waals surface area (Å²) in [6.07, 6.45) is 9.63. The maximum atomic E-state index is 13.2. The van der Waals surface area contributed by atoms with Gasteiger partial charge in [-0.1, -0.05) is 36.4 Å². The molecule has 0 saturated carbocycles. The number of aromatic nitrogens is 2. The molecular weight excluding hydrogens is 556 g/mol. The molecular formula is C34H38N6O2S. The van der Waals surface area contributed by atoms with Gasteiger partial charge in [0.05, 0.1) is 12.8 Å². The van der Waals surface area contributed by atoms with Crippen LogP contribution in [0.2, 0.25) is 0 Å². The molecule has 0 unspecified atom stereocenters. The van der Waals surface area contributed by atoms with Gasteiger partial charge in [0.15, 0.2) is 0 Å². The SMILES string of the molecule is COc1cc(-c2csc3c(/C=C/CCN4CCC(CN)CC4)cnc(N)c23)ccc1NC(=O)c1cc2ccccc2n1C. The number of hydrogen-bond acceptors (Lipinski definition) is 7. The van der Waals surface area contributed by atoms with Crippen LogP contribution in [0.5, 0.6) is 5.75 Å². The summed E-state index contributed by atoms with van der Waals surface area (Å²) in [7, 11) is 3.50. The number of rotatable bonds is 9. The number of anilines is 2. The molecule has 6 rings (SSSR count). The highest BCUT2D eigenvalue weighted by atomic mass is 32.1. The highest BCUT2D eigenvalue weighted by Gasteiger charge is 2.19. The van der Waals surface area contributed by atoms with Crippen molar-refractivity contribution in [3.05, 3.63) is 77.4 Å². The number of para-hydroxylation sites is 1. The van der Waals surface area contributed by atoms with Crippen LogP contribution in [-0.2, 0) is 7.05 Å². The van der Waals surface area contributed by atoms with Crippen LogP contribution in [0, 0.1) is 5.92 Å². The summed E-state index contributed by atoms with van der Waals surface area (Å²) < 4.78 is 8.72. The molecule has 222 valence electrons. The molecule has 1 aliphatic heterocycles. The Hall–Kier alpha value is -4.18. The van der Waals surface area contributed by atoms with Crippen LogP contribution >= 0.6 is 11.3 Å². The van der Waals surface area contributed by atoms with Gasteiger partial charge >= 0.3 is 0 Å². The molecule has 1 amide bonds. The number of nitrogens with two attached hydrogens (primary N) is 2. The maximum absolute atomic E-state index is 13.2. The van der Waals surface area contributed by atoms with Crippen LogP contribution in [0.4, 0.5) is 11.5 Å². The number of aryl methyl sites for hydroxylation is 1. The van der Waals surface area contributed by atoms with E-state index in [2.05, 4.69) is 32.7 Å². The molecule has 0 spiro atoms. The minimum Gasteiger partial charge on any atom is -0.495 e. The Labute approximate surface area is 256 Å². The van der Waals surface area contributed by atoms with Crippen LogP contribution in [0.25, 0.3) is 38.2 Å². The van der Waals surface area contributed by atoms with Crippen molar-refractivity contribution in [2.24, 2.45) is 18.7 Å². The highest BCUT2D eigenvalue weighted by molar-refractivity contribution is 7.18. The van der Waals surface area contributed by atoms with Crippen LogP contribution in [0.1, 0.15) is 35.3 Å². The molecule has 3 aromatic heterocycles. The number of ether oxygens (including phenoxy) is 1. The number of likely N-dealkylation sites (tertiary alicyclic amines) is 1. The summed E-state index contributed by atoms with van der Waals surface area (Å²) >= 11 is 1.66. The van der Waals surface area contributed by atoms with Gasteiger partial charge in [0.1, 0.15) is 17.3 Å². The quantitative estimate of drug-likeness (QED) is 0.183. The zero-order valence-corrected chi connectivity index (χ0v) is 25.5. The molecule has 5 N–H and O–H groups in total. The van der Waals surface area contributed by atoms with Gasteiger partial charge < -0.3 is 31.0 Å². The minimum atomic E-state index is -0.198. The van der Waals surface area contributed by atoms with E-state index in [1.165, 1.54) is 12.8 Å². The van der Waals surface area contributed by atoms with Gasteiger partial charge in [0.2, 0.25) is 0 Å². The number of amides is 1. The summed E-state index contributed by atoms with van der Waals surface area (Å²) in [5.41, 5.74) is 17.4. The molecule has 0 aliphatic carbocycles. The second kappa shape index (κ2) is 12.6. The van der Waals surface area contributed by atoms with Crippen molar-refractivity contribution < 1.29 is 9.53 Å². The number of carbonyl (C=O) groups is 1. The molecule has 5 aromatic rings. The summed E-state index contributed by atoms with van der Waals surface area (Å²) in [4.78, 5) is 20.3. The molecule has 1 fully saturated rings. The first-order chi connectivity index (χ1) is 21.0. The first kappa shape index (κ1) is 28.9. The largest absolute Gasteiger partial charge is 0.495 e. The van der Waals surface area contributed by atoms with Crippen molar-refractivity contribution in [3.63, 3.8) is 0 Å². The lowest BCUT2D eigenvalue weighted by atomic mass is 9.97. The summed E-state index contributed by atoms with van der Waals surface area (Å²) in [5.74, 6) is 1.55. The molecule has 8 nitrogen and oxygen atoms in total. The molecule has 1 saturated heterocycles. The third-order valence-electron chi connectivity index (χ3n) is 8.55. The van der Waals surface area contributed by atoms with Crippen LogP contribution in [0.15, 0.2) is 66.2 Å². The molecule has 2 aromatic carbocycles. The number of nitrogens with one attached hydrogen (secondary N) is 1. The van der Waals surface area contributed by atoms with Crippen molar-refractivity contribution in [1.29, 1.82) is 0 Å². The van der Waals surface area contributed by atoms with Gasteiger partial charge in [-0.05, 0) is 80.0 Å². The van der Waals surface area contributed by atoms with Crippen molar-refractivity contribution >= 4 is 55.8 Å². The molecule has 0 bridgehead atoms. The second-order valence-corrected chi connectivity index (χ2v) is 12.1. The van der Waals surface area contributed by atoms with Gasteiger partial charge in [0, 0.05) is 51.9 Å². The average molecular weight is 595 g/mol. The Kier molecular flexibility index (Phi) is 8.47. The van der Waals surface area contributed by atoms with Gasteiger partial charge in [-0.15, -0.1) is 11.3 Å². The lowest BCUT2D eigenvalue weighted by Gasteiger charge is -2.30. The number of thiophene rings is 1. The number of nitrogen functional groups attached to an aromatic ring is 1. The number of piperidine rings is 1. The van der Waals surface area contributed by atoms with E-state index < -0.39 is 0 Å². The number of methoxy groups -OCH3 is 1. The topological polar surface area (TPSA) is 111 Å². The number of fused-ring (bicyclic) bond motifs is 2. The fraction of sp³-hybridized carbons (Fsp3) is 0.294. The smallest absolute Gasteiger partial charge is 0.272 e. The number of benzene rings is 2. The van der Waals surface area contributed by atoms with Gasteiger partial charge in [-0.2, -0.15) is 0 Å². The molecule has 9 heteroatoms. The van der Waals surface area contributed by atoms with E-state index >= 15 is 0 Å². The van der Waals surface area contributed by atoms with Crippen LogP contribution < -0.4 is 21.5 Å². The zero-order valence-electron chi connectivity index (χ0n) is 24.7. The number of pyridine rings is 1. The summed E-state index contributed by atoms with van der Waals surface area (Å²) in [5, 5.41) is 7.10. The summed E-state index contributed by atoms with van der Waals surface area (Å²) in [6.45, 7) is 4.12. The lowest BCUT2D eigenvalue weighted by molar-refractivity contribution is 0.101. The average Bonchev–Trinajstić information content (AvgIpc) is 3.63.